The van der Waals surface area contributed by atoms with E-state index in [4.69, 9.17) is 9.15 Å². The maximum Gasteiger partial charge on any atom is 0.424 e. The van der Waals surface area contributed by atoms with Crippen LogP contribution in [0.5, 0.6) is 0 Å². The number of aromatic nitrogens is 1. The van der Waals surface area contributed by atoms with E-state index in [1.165, 1.54) is 4.57 Å². The Labute approximate surface area is 132 Å². The van der Waals surface area contributed by atoms with Gasteiger partial charge in [0.15, 0.2) is 0 Å². The number of esters is 1. The third-order valence-corrected chi connectivity index (χ3v) is 3.33. The molecule has 1 aromatic heterocycles. The van der Waals surface area contributed by atoms with Crippen molar-refractivity contribution in [2.24, 2.45) is 0 Å². The number of rotatable bonds is 4. The highest BCUT2D eigenvalue weighted by Crippen LogP contribution is 2.26. The molecule has 5 nitrogen and oxygen atoms in total. The van der Waals surface area contributed by atoms with E-state index in [9.17, 15) is 9.59 Å². The number of carbonyl (C=O) groups excluding carboxylic acids is 1. The van der Waals surface area contributed by atoms with Crippen LogP contribution < -0.4 is 5.76 Å². The number of ether oxygens (including phenoxy) is 1. The number of nitrogens with zero attached hydrogens (tertiary/aromatic N) is 1. The van der Waals surface area contributed by atoms with Gasteiger partial charge in [-0.25, -0.2) is 14.2 Å². The van der Waals surface area contributed by atoms with E-state index in [0.717, 1.165) is 0 Å². The first-order valence-electron chi connectivity index (χ1n) is 7.26. The first kappa shape index (κ1) is 14.8. The van der Waals surface area contributed by atoms with Crippen molar-refractivity contribution in [3.05, 3.63) is 77.0 Å². The molecule has 0 aliphatic heterocycles. The average molecular weight is 309 g/mol. The molecule has 3 aromatic rings. The monoisotopic (exact) mass is 309 g/mol. The molecule has 0 saturated heterocycles. The molecule has 0 fully saturated rings. The molecule has 23 heavy (non-hydrogen) atoms. The molecule has 2 aromatic carbocycles. The topological polar surface area (TPSA) is 61.4 Å². The van der Waals surface area contributed by atoms with E-state index in [0.29, 0.717) is 16.9 Å². The summed E-state index contributed by atoms with van der Waals surface area (Å²) in [5, 5.41) is 0. The molecular formula is C18H15NO4. The second kappa shape index (κ2) is 6.36. The Morgan fingerprint density at radius 1 is 1.04 bits per heavy atom. The quantitative estimate of drug-likeness (QED) is 0.694. The summed E-state index contributed by atoms with van der Waals surface area (Å²) < 4.78 is 11.6. The van der Waals surface area contributed by atoms with Crippen LogP contribution in [-0.4, -0.2) is 17.1 Å². The van der Waals surface area contributed by atoms with Crippen molar-refractivity contribution in [3.8, 4) is 16.9 Å². The third-order valence-electron chi connectivity index (χ3n) is 3.33. The minimum atomic E-state index is -0.655. The maximum atomic E-state index is 12.3. The minimum Gasteiger partial charge on any atom is -0.460 e. The zero-order valence-electron chi connectivity index (χ0n) is 12.6. The van der Waals surface area contributed by atoms with Crippen LogP contribution in [0.15, 0.2) is 69.9 Å². The van der Waals surface area contributed by atoms with Gasteiger partial charge in [0.1, 0.15) is 5.69 Å². The predicted molar refractivity (Wildman–Crippen MR) is 85.7 cm³/mol. The summed E-state index contributed by atoms with van der Waals surface area (Å²) in [6, 6.07) is 18.2. The fourth-order valence-electron chi connectivity index (χ4n) is 2.38. The van der Waals surface area contributed by atoms with Gasteiger partial charge in [0, 0.05) is 5.56 Å². The van der Waals surface area contributed by atoms with E-state index < -0.39 is 11.7 Å². The summed E-state index contributed by atoms with van der Waals surface area (Å²) >= 11 is 0. The van der Waals surface area contributed by atoms with Gasteiger partial charge < -0.3 is 9.15 Å². The number of carbonyl (C=O) groups is 1. The molecule has 3 rings (SSSR count). The SMILES string of the molecule is CCOC(=O)c1oc(=O)n(-c2ccccc2)c1-c1ccccc1. The Balaban J connectivity index is 2.28. The zero-order chi connectivity index (χ0) is 16.2. The van der Waals surface area contributed by atoms with Crippen molar-refractivity contribution in [1.82, 2.24) is 4.57 Å². The molecule has 5 heteroatoms. The summed E-state index contributed by atoms with van der Waals surface area (Å²) in [5.74, 6) is -1.37. The summed E-state index contributed by atoms with van der Waals surface area (Å²) in [6.45, 7) is 1.90. The second-order valence-electron chi connectivity index (χ2n) is 4.80. The van der Waals surface area contributed by atoms with Crippen molar-refractivity contribution in [2.45, 2.75) is 6.92 Å². The van der Waals surface area contributed by atoms with Crippen LogP contribution in [0.3, 0.4) is 0 Å². The van der Waals surface area contributed by atoms with Crippen LogP contribution in [0.1, 0.15) is 17.5 Å². The highest BCUT2D eigenvalue weighted by molar-refractivity contribution is 5.93. The van der Waals surface area contributed by atoms with Gasteiger partial charge in [-0.15, -0.1) is 0 Å². The fourth-order valence-corrected chi connectivity index (χ4v) is 2.38. The van der Waals surface area contributed by atoms with E-state index >= 15 is 0 Å². The van der Waals surface area contributed by atoms with Gasteiger partial charge in [0.05, 0.1) is 12.3 Å². The number of hydrogen-bond acceptors (Lipinski definition) is 4. The second-order valence-corrected chi connectivity index (χ2v) is 4.80. The molecule has 0 radical (unpaired) electrons. The fraction of sp³-hybridized carbons (Fsp3) is 0.111. The van der Waals surface area contributed by atoms with Gasteiger partial charge in [-0.2, -0.15) is 0 Å². The molecule has 0 aliphatic carbocycles. The summed E-state index contributed by atoms with van der Waals surface area (Å²) in [6.07, 6.45) is 0. The molecule has 0 aliphatic rings. The van der Waals surface area contributed by atoms with Crippen LogP contribution in [0.2, 0.25) is 0 Å². The van der Waals surface area contributed by atoms with E-state index in [-0.39, 0.29) is 12.4 Å². The number of para-hydroxylation sites is 1. The Hall–Kier alpha value is -3.08. The zero-order valence-corrected chi connectivity index (χ0v) is 12.6. The smallest absolute Gasteiger partial charge is 0.424 e. The molecule has 0 bridgehead atoms. The largest absolute Gasteiger partial charge is 0.460 e. The lowest BCUT2D eigenvalue weighted by molar-refractivity contribution is 0.0489. The predicted octanol–water partition coefficient (Wildman–Crippen LogP) is 3.27. The van der Waals surface area contributed by atoms with Gasteiger partial charge in [-0.1, -0.05) is 48.5 Å². The van der Waals surface area contributed by atoms with Gasteiger partial charge >= 0.3 is 11.7 Å². The van der Waals surface area contributed by atoms with E-state index in [2.05, 4.69) is 0 Å². The molecule has 0 N–H and O–H groups in total. The highest BCUT2D eigenvalue weighted by Gasteiger charge is 2.25. The molecule has 0 unspecified atom stereocenters. The lowest BCUT2D eigenvalue weighted by Crippen LogP contribution is -2.13. The normalized spacial score (nSPS) is 10.5. The molecular weight excluding hydrogens is 294 g/mol. The van der Waals surface area contributed by atoms with Crippen molar-refractivity contribution in [1.29, 1.82) is 0 Å². The average Bonchev–Trinajstić information content (AvgIpc) is 2.94. The number of hydrogen-bond donors (Lipinski definition) is 0. The number of oxazole rings is 1. The van der Waals surface area contributed by atoms with Crippen LogP contribution in [0.25, 0.3) is 16.9 Å². The number of benzene rings is 2. The molecule has 116 valence electrons. The summed E-state index contributed by atoms with van der Waals surface area (Å²) in [7, 11) is 0. The van der Waals surface area contributed by atoms with Crippen LogP contribution >= 0.6 is 0 Å². The highest BCUT2D eigenvalue weighted by atomic mass is 16.5. The van der Waals surface area contributed by atoms with Gasteiger partial charge in [0.25, 0.3) is 0 Å². The van der Waals surface area contributed by atoms with Crippen molar-refractivity contribution in [3.63, 3.8) is 0 Å². The Bertz CT molecular complexity index is 863. The van der Waals surface area contributed by atoms with E-state index in [1.54, 1.807) is 19.1 Å². The Morgan fingerprint density at radius 3 is 2.26 bits per heavy atom. The van der Waals surface area contributed by atoms with Gasteiger partial charge in [-0.05, 0) is 19.1 Å². The Morgan fingerprint density at radius 2 is 1.65 bits per heavy atom. The summed E-state index contributed by atoms with van der Waals surface area (Å²) in [4.78, 5) is 24.5. The molecule has 0 spiro atoms. The van der Waals surface area contributed by atoms with Gasteiger partial charge in [0.2, 0.25) is 5.76 Å². The van der Waals surface area contributed by atoms with Crippen LogP contribution in [0.4, 0.5) is 0 Å². The van der Waals surface area contributed by atoms with Crippen LogP contribution in [0, 0.1) is 0 Å². The van der Waals surface area contributed by atoms with Gasteiger partial charge in [-0.3, -0.25) is 0 Å². The minimum absolute atomic E-state index is 0.0908. The first-order chi connectivity index (χ1) is 11.2. The van der Waals surface area contributed by atoms with Crippen molar-refractivity contribution in [2.75, 3.05) is 6.61 Å². The lowest BCUT2D eigenvalue weighted by Gasteiger charge is -2.08. The van der Waals surface area contributed by atoms with E-state index in [1.807, 2.05) is 48.5 Å². The Kier molecular flexibility index (Phi) is 4.10. The third kappa shape index (κ3) is 2.81. The molecule has 0 saturated carbocycles. The lowest BCUT2D eigenvalue weighted by atomic mass is 10.1. The summed E-state index contributed by atoms with van der Waals surface area (Å²) in [5.41, 5.74) is 1.71. The molecule has 1 heterocycles. The molecule has 0 atom stereocenters. The maximum absolute atomic E-state index is 12.3. The first-order valence-corrected chi connectivity index (χ1v) is 7.26. The van der Waals surface area contributed by atoms with Crippen molar-refractivity contribution < 1.29 is 13.9 Å². The molecule has 0 amide bonds. The van der Waals surface area contributed by atoms with Crippen molar-refractivity contribution >= 4 is 5.97 Å². The standard InChI is InChI=1S/C18H15NO4/c1-2-22-17(20)16-15(13-9-5-3-6-10-13)19(18(21)23-16)14-11-7-4-8-12-14/h3-12H,2H2,1H3. The van der Waals surface area contributed by atoms with Crippen LogP contribution in [-0.2, 0) is 4.74 Å².